The summed E-state index contributed by atoms with van der Waals surface area (Å²) in [5, 5.41) is 3.32. The molecule has 1 saturated carbocycles. The van der Waals surface area contributed by atoms with Gasteiger partial charge in [-0.2, -0.15) is 0 Å². The molecule has 0 spiro atoms. The maximum atomic E-state index is 12.5. The maximum absolute atomic E-state index is 12.5. The van der Waals surface area contributed by atoms with Crippen molar-refractivity contribution in [2.75, 3.05) is 39.3 Å². The van der Waals surface area contributed by atoms with Crippen molar-refractivity contribution in [3.05, 3.63) is 12.2 Å². The SMILES string of the molecule is O=C1[C@H]2[C@H](C(=O)N1CCN1CCNCC1)[C@H]1C=C[C@H]2C1. The summed E-state index contributed by atoms with van der Waals surface area (Å²) < 4.78 is 0. The molecule has 0 radical (unpaired) electrons. The third-order valence-electron chi connectivity index (χ3n) is 5.41. The van der Waals surface area contributed by atoms with Gasteiger partial charge in [-0.1, -0.05) is 12.2 Å². The molecule has 5 nitrogen and oxygen atoms in total. The van der Waals surface area contributed by atoms with E-state index in [9.17, 15) is 9.59 Å². The molecule has 4 aliphatic rings. The highest BCUT2D eigenvalue weighted by atomic mass is 16.2. The lowest BCUT2D eigenvalue weighted by Crippen LogP contribution is -2.47. The molecule has 2 saturated heterocycles. The molecule has 4 rings (SSSR count). The fraction of sp³-hybridized carbons (Fsp3) is 0.733. The summed E-state index contributed by atoms with van der Waals surface area (Å²) in [5.41, 5.74) is 0. The number of rotatable bonds is 3. The lowest BCUT2D eigenvalue weighted by molar-refractivity contribution is -0.140. The van der Waals surface area contributed by atoms with Crippen LogP contribution in [0.4, 0.5) is 0 Å². The van der Waals surface area contributed by atoms with Crippen LogP contribution < -0.4 is 5.32 Å². The summed E-state index contributed by atoms with van der Waals surface area (Å²) in [5.74, 6) is 0.747. The third kappa shape index (κ3) is 1.76. The number of hydrogen-bond acceptors (Lipinski definition) is 4. The van der Waals surface area contributed by atoms with E-state index in [1.165, 1.54) is 0 Å². The predicted molar refractivity (Wildman–Crippen MR) is 73.7 cm³/mol. The zero-order valence-corrected chi connectivity index (χ0v) is 11.6. The minimum Gasteiger partial charge on any atom is -0.314 e. The van der Waals surface area contributed by atoms with Gasteiger partial charge in [0.05, 0.1) is 11.8 Å². The smallest absolute Gasteiger partial charge is 0.233 e. The van der Waals surface area contributed by atoms with E-state index in [0.717, 1.165) is 39.1 Å². The average Bonchev–Trinajstić information content (AvgIpc) is 3.13. The van der Waals surface area contributed by atoms with Crippen LogP contribution in [0.5, 0.6) is 0 Å². The van der Waals surface area contributed by atoms with Gasteiger partial charge in [0.25, 0.3) is 0 Å². The summed E-state index contributed by atoms with van der Waals surface area (Å²) in [4.78, 5) is 28.9. The molecule has 0 aromatic rings. The predicted octanol–water partition coefficient (Wildman–Crippen LogP) is -0.301. The monoisotopic (exact) mass is 275 g/mol. The Kier molecular flexibility index (Phi) is 2.93. The molecule has 4 atom stereocenters. The van der Waals surface area contributed by atoms with Crippen LogP contribution in [0.15, 0.2) is 12.2 Å². The molecule has 2 aliphatic heterocycles. The van der Waals surface area contributed by atoms with Crippen molar-refractivity contribution in [3.63, 3.8) is 0 Å². The van der Waals surface area contributed by atoms with Crippen LogP contribution in [0.2, 0.25) is 0 Å². The van der Waals surface area contributed by atoms with Crippen LogP contribution in [0, 0.1) is 23.7 Å². The Labute approximate surface area is 119 Å². The number of allylic oxidation sites excluding steroid dienone is 2. The Morgan fingerprint density at radius 1 is 1.00 bits per heavy atom. The van der Waals surface area contributed by atoms with Crippen LogP contribution >= 0.6 is 0 Å². The fourth-order valence-corrected chi connectivity index (χ4v) is 4.36. The van der Waals surface area contributed by atoms with E-state index in [1.807, 2.05) is 0 Å². The Bertz CT molecular complexity index is 440. The maximum Gasteiger partial charge on any atom is 0.233 e. The number of carbonyl (C=O) groups excluding carboxylic acids is 2. The van der Waals surface area contributed by atoms with E-state index in [4.69, 9.17) is 0 Å². The molecule has 0 aromatic carbocycles. The minimum atomic E-state index is -0.0412. The van der Waals surface area contributed by atoms with Crippen molar-refractivity contribution in [1.82, 2.24) is 15.1 Å². The molecule has 0 aromatic heterocycles. The molecule has 0 unspecified atom stereocenters. The molecule has 2 heterocycles. The quantitative estimate of drug-likeness (QED) is 0.567. The Morgan fingerprint density at radius 2 is 1.60 bits per heavy atom. The van der Waals surface area contributed by atoms with E-state index in [1.54, 1.807) is 4.90 Å². The topological polar surface area (TPSA) is 52.7 Å². The van der Waals surface area contributed by atoms with Gasteiger partial charge in [0, 0.05) is 39.3 Å². The molecule has 2 amide bonds. The van der Waals surface area contributed by atoms with Gasteiger partial charge >= 0.3 is 0 Å². The van der Waals surface area contributed by atoms with Crippen molar-refractivity contribution in [2.45, 2.75) is 6.42 Å². The van der Waals surface area contributed by atoms with Gasteiger partial charge in [-0.05, 0) is 18.3 Å². The van der Waals surface area contributed by atoms with Crippen molar-refractivity contribution in [3.8, 4) is 0 Å². The number of amides is 2. The summed E-state index contributed by atoms with van der Waals surface area (Å²) >= 11 is 0. The number of imide groups is 1. The molecule has 5 heteroatoms. The van der Waals surface area contributed by atoms with Gasteiger partial charge in [-0.3, -0.25) is 19.4 Å². The van der Waals surface area contributed by atoms with Gasteiger partial charge in [0.2, 0.25) is 11.8 Å². The fourth-order valence-electron chi connectivity index (χ4n) is 4.36. The Hall–Kier alpha value is -1.20. The first kappa shape index (κ1) is 12.5. The normalized spacial score (nSPS) is 39.9. The van der Waals surface area contributed by atoms with Crippen LogP contribution in [-0.2, 0) is 9.59 Å². The van der Waals surface area contributed by atoms with Gasteiger partial charge in [-0.15, -0.1) is 0 Å². The molecular weight excluding hydrogens is 254 g/mol. The summed E-state index contributed by atoms with van der Waals surface area (Å²) in [6, 6.07) is 0. The second-order valence-corrected chi connectivity index (χ2v) is 6.42. The standard InChI is InChI=1S/C15H21N3O2/c19-14-12-10-1-2-11(9-10)13(12)15(20)18(14)8-7-17-5-3-16-4-6-17/h1-2,10-13,16H,3-9H2/t10-,11-,12+,13+/m0/s1. The highest BCUT2D eigenvalue weighted by Crippen LogP contribution is 2.52. The number of fused-ring (bicyclic) bond motifs is 5. The van der Waals surface area contributed by atoms with Gasteiger partial charge in [-0.25, -0.2) is 0 Å². The molecule has 108 valence electrons. The van der Waals surface area contributed by atoms with Gasteiger partial charge in [0.15, 0.2) is 0 Å². The Balaban J connectivity index is 1.42. The summed E-state index contributed by atoms with van der Waals surface area (Å²) in [6.45, 7) is 5.42. The molecule has 2 aliphatic carbocycles. The summed E-state index contributed by atoms with van der Waals surface area (Å²) in [7, 11) is 0. The van der Waals surface area contributed by atoms with Gasteiger partial charge < -0.3 is 5.32 Å². The number of likely N-dealkylation sites (tertiary alicyclic amines) is 1. The highest BCUT2D eigenvalue weighted by molar-refractivity contribution is 6.06. The Morgan fingerprint density at radius 3 is 2.20 bits per heavy atom. The van der Waals surface area contributed by atoms with Crippen molar-refractivity contribution in [2.24, 2.45) is 23.7 Å². The highest BCUT2D eigenvalue weighted by Gasteiger charge is 2.58. The number of hydrogen-bond donors (Lipinski definition) is 1. The minimum absolute atomic E-state index is 0.0412. The van der Waals surface area contributed by atoms with Crippen molar-refractivity contribution >= 4 is 11.8 Å². The van der Waals surface area contributed by atoms with Crippen LogP contribution in [0.1, 0.15) is 6.42 Å². The van der Waals surface area contributed by atoms with E-state index >= 15 is 0 Å². The van der Waals surface area contributed by atoms with E-state index < -0.39 is 0 Å². The van der Waals surface area contributed by atoms with Crippen molar-refractivity contribution < 1.29 is 9.59 Å². The largest absolute Gasteiger partial charge is 0.314 e. The molecule has 1 N–H and O–H groups in total. The molecule has 2 bridgehead atoms. The lowest BCUT2D eigenvalue weighted by Gasteiger charge is -2.28. The summed E-state index contributed by atoms with van der Waals surface area (Å²) in [6.07, 6.45) is 5.31. The van der Waals surface area contributed by atoms with Crippen molar-refractivity contribution in [1.29, 1.82) is 0 Å². The van der Waals surface area contributed by atoms with Crippen LogP contribution in [-0.4, -0.2) is 60.9 Å². The first-order valence-electron chi connectivity index (χ1n) is 7.72. The second-order valence-electron chi connectivity index (χ2n) is 6.42. The second kappa shape index (κ2) is 4.67. The van der Waals surface area contributed by atoms with E-state index in [2.05, 4.69) is 22.4 Å². The third-order valence-corrected chi connectivity index (χ3v) is 5.41. The van der Waals surface area contributed by atoms with E-state index in [-0.39, 0.29) is 23.7 Å². The number of carbonyl (C=O) groups is 2. The number of nitrogens with zero attached hydrogens (tertiary/aromatic N) is 2. The van der Waals surface area contributed by atoms with Gasteiger partial charge in [0.1, 0.15) is 0 Å². The zero-order chi connectivity index (χ0) is 13.7. The molecular formula is C15H21N3O2. The van der Waals surface area contributed by atoms with Crippen LogP contribution in [0.3, 0.4) is 0 Å². The van der Waals surface area contributed by atoms with E-state index in [0.29, 0.717) is 18.4 Å². The molecule has 3 fully saturated rings. The number of piperazine rings is 1. The lowest BCUT2D eigenvalue weighted by atomic mass is 9.85. The average molecular weight is 275 g/mol. The molecule has 20 heavy (non-hydrogen) atoms. The number of nitrogens with one attached hydrogen (secondary N) is 1. The first-order chi connectivity index (χ1) is 9.75. The zero-order valence-electron chi connectivity index (χ0n) is 11.6. The van der Waals surface area contributed by atoms with Crippen LogP contribution in [0.25, 0.3) is 0 Å². The first-order valence-corrected chi connectivity index (χ1v) is 7.72.